The lowest BCUT2D eigenvalue weighted by molar-refractivity contribution is -0.122. The van der Waals surface area contributed by atoms with E-state index in [2.05, 4.69) is 28.2 Å². The van der Waals surface area contributed by atoms with Crippen LogP contribution in [0.3, 0.4) is 0 Å². The summed E-state index contributed by atoms with van der Waals surface area (Å²) in [6.45, 7) is 2.19. The molecule has 0 aromatic carbocycles. The van der Waals surface area contributed by atoms with Gasteiger partial charge in [-0.25, -0.2) is 0 Å². The molecule has 0 spiro atoms. The maximum atomic E-state index is 11.7. The third kappa shape index (κ3) is 5.33. The molecule has 0 heterocycles. The molecule has 16 heavy (non-hydrogen) atoms. The number of rotatable bonds is 6. The summed E-state index contributed by atoms with van der Waals surface area (Å²) in [5.74, 6) is 0.243. The van der Waals surface area contributed by atoms with Gasteiger partial charge < -0.3 is 5.32 Å². The van der Waals surface area contributed by atoms with Gasteiger partial charge in [-0.3, -0.25) is 4.79 Å². The highest BCUT2D eigenvalue weighted by Gasteiger charge is 2.23. The average Bonchev–Trinajstić information content (AvgIpc) is 2.28. The topological polar surface area (TPSA) is 29.1 Å². The van der Waals surface area contributed by atoms with Gasteiger partial charge in [0, 0.05) is 17.3 Å². The van der Waals surface area contributed by atoms with Crippen LogP contribution in [0.15, 0.2) is 0 Å². The first kappa shape index (κ1) is 14.0. The van der Waals surface area contributed by atoms with E-state index in [-0.39, 0.29) is 5.91 Å². The molecule has 1 aliphatic carbocycles. The van der Waals surface area contributed by atoms with E-state index in [1.807, 2.05) is 0 Å². The molecule has 1 rings (SSSR count). The van der Waals surface area contributed by atoms with Crippen molar-refractivity contribution in [2.24, 2.45) is 0 Å². The van der Waals surface area contributed by atoms with Gasteiger partial charge in [0.1, 0.15) is 0 Å². The lowest BCUT2D eigenvalue weighted by Crippen LogP contribution is -2.42. The van der Waals surface area contributed by atoms with Crippen LogP contribution in [0.2, 0.25) is 0 Å². The summed E-state index contributed by atoms with van der Waals surface area (Å²) in [5.41, 5.74) is 0. The van der Waals surface area contributed by atoms with Gasteiger partial charge in [-0.05, 0) is 19.3 Å². The van der Waals surface area contributed by atoms with Gasteiger partial charge in [-0.2, -0.15) is 0 Å². The number of carbonyl (C=O) groups excluding carboxylic acids is 1. The highest BCUT2D eigenvalue weighted by molar-refractivity contribution is 9.09. The zero-order chi connectivity index (χ0) is 11.8. The Hall–Kier alpha value is -0.0500. The molecule has 0 bridgehead atoms. The number of hydrogen-bond acceptors (Lipinski definition) is 1. The van der Waals surface area contributed by atoms with E-state index >= 15 is 0 Å². The van der Waals surface area contributed by atoms with Crippen LogP contribution < -0.4 is 5.32 Å². The van der Waals surface area contributed by atoms with E-state index in [1.165, 1.54) is 38.5 Å². The van der Waals surface area contributed by atoms with Crippen molar-refractivity contribution in [3.05, 3.63) is 0 Å². The fourth-order valence-corrected chi connectivity index (χ4v) is 2.96. The van der Waals surface area contributed by atoms with Crippen LogP contribution in [-0.4, -0.2) is 16.8 Å². The third-order valence-corrected chi connectivity index (χ3v) is 4.38. The van der Waals surface area contributed by atoms with Crippen LogP contribution in [-0.2, 0) is 4.79 Å². The largest absolute Gasteiger partial charge is 0.352 e. The predicted octanol–water partition coefficient (Wildman–Crippen LogP) is 3.78. The molecule has 94 valence electrons. The van der Waals surface area contributed by atoms with E-state index in [0.717, 1.165) is 12.8 Å². The van der Waals surface area contributed by atoms with Crippen molar-refractivity contribution in [1.82, 2.24) is 5.32 Å². The molecule has 0 aromatic rings. The second kappa shape index (κ2) is 8.10. The summed E-state index contributed by atoms with van der Waals surface area (Å²) in [6, 6.07) is 0.368. The number of carbonyl (C=O) groups is 1. The molecule has 3 heteroatoms. The molecule has 0 saturated heterocycles. The lowest BCUT2D eigenvalue weighted by Gasteiger charge is -2.28. The van der Waals surface area contributed by atoms with Crippen LogP contribution in [0.25, 0.3) is 0 Å². The van der Waals surface area contributed by atoms with Crippen LogP contribution in [0.1, 0.15) is 64.7 Å². The Kier molecular flexibility index (Phi) is 7.10. The maximum Gasteiger partial charge on any atom is 0.220 e. The summed E-state index contributed by atoms with van der Waals surface area (Å²) < 4.78 is 0. The van der Waals surface area contributed by atoms with Crippen LogP contribution in [0, 0.1) is 0 Å². The number of unbranched alkanes of at least 4 members (excludes halogenated alkanes) is 3. The van der Waals surface area contributed by atoms with Gasteiger partial charge in [0.15, 0.2) is 0 Å². The monoisotopic (exact) mass is 289 g/mol. The van der Waals surface area contributed by atoms with Crippen molar-refractivity contribution < 1.29 is 4.79 Å². The van der Waals surface area contributed by atoms with Crippen LogP contribution in [0.5, 0.6) is 0 Å². The predicted molar refractivity (Wildman–Crippen MR) is 71.9 cm³/mol. The van der Waals surface area contributed by atoms with Gasteiger partial charge in [-0.15, -0.1) is 0 Å². The molecule has 0 aliphatic heterocycles. The number of halogens is 1. The first-order chi connectivity index (χ1) is 7.74. The first-order valence-electron chi connectivity index (χ1n) is 6.67. The SMILES string of the molecule is CCCCCCC(=O)NC1CCCCC1Br. The molecule has 2 unspecified atom stereocenters. The van der Waals surface area contributed by atoms with Gasteiger partial charge in [-0.1, -0.05) is 55.0 Å². The minimum absolute atomic E-state index is 0.243. The molecule has 1 amide bonds. The zero-order valence-electron chi connectivity index (χ0n) is 10.3. The fraction of sp³-hybridized carbons (Fsp3) is 0.923. The van der Waals surface area contributed by atoms with Crippen molar-refractivity contribution in [2.75, 3.05) is 0 Å². The first-order valence-corrected chi connectivity index (χ1v) is 7.59. The Morgan fingerprint density at radius 1 is 1.25 bits per heavy atom. The number of alkyl halides is 1. The zero-order valence-corrected chi connectivity index (χ0v) is 11.9. The second-order valence-electron chi connectivity index (χ2n) is 4.79. The van der Waals surface area contributed by atoms with Gasteiger partial charge >= 0.3 is 0 Å². The molecule has 0 aromatic heterocycles. The van der Waals surface area contributed by atoms with Crippen LogP contribution >= 0.6 is 15.9 Å². The molecule has 1 aliphatic rings. The Labute approximate surface area is 108 Å². The van der Waals surface area contributed by atoms with E-state index in [0.29, 0.717) is 17.3 Å². The minimum Gasteiger partial charge on any atom is -0.352 e. The molecular weight excluding hydrogens is 266 g/mol. The average molecular weight is 290 g/mol. The lowest BCUT2D eigenvalue weighted by atomic mass is 9.95. The summed E-state index contributed by atoms with van der Waals surface area (Å²) in [7, 11) is 0. The molecule has 2 nitrogen and oxygen atoms in total. The molecule has 0 radical (unpaired) electrons. The van der Waals surface area contributed by atoms with E-state index in [1.54, 1.807) is 0 Å². The van der Waals surface area contributed by atoms with Crippen LogP contribution in [0.4, 0.5) is 0 Å². The van der Waals surface area contributed by atoms with Crippen molar-refractivity contribution >= 4 is 21.8 Å². The summed E-state index contributed by atoms with van der Waals surface area (Å²) in [6.07, 6.45) is 10.3. The van der Waals surface area contributed by atoms with Crippen molar-refractivity contribution in [3.8, 4) is 0 Å². The Morgan fingerprint density at radius 3 is 2.69 bits per heavy atom. The van der Waals surface area contributed by atoms with E-state index in [4.69, 9.17) is 0 Å². The van der Waals surface area contributed by atoms with Gasteiger partial charge in [0.2, 0.25) is 5.91 Å². The summed E-state index contributed by atoms with van der Waals surface area (Å²) >= 11 is 3.66. The highest BCUT2D eigenvalue weighted by atomic mass is 79.9. The van der Waals surface area contributed by atoms with Gasteiger partial charge in [0.25, 0.3) is 0 Å². The quantitative estimate of drug-likeness (QED) is 0.585. The molecular formula is C13H24BrNO. The maximum absolute atomic E-state index is 11.7. The van der Waals surface area contributed by atoms with E-state index in [9.17, 15) is 4.79 Å². The third-order valence-electron chi connectivity index (χ3n) is 3.29. The molecule has 2 atom stereocenters. The molecule has 1 saturated carbocycles. The summed E-state index contributed by atoms with van der Waals surface area (Å²) in [4.78, 5) is 12.2. The van der Waals surface area contributed by atoms with Gasteiger partial charge in [0.05, 0.1) is 0 Å². The number of nitrogens with one attached hydrogen (secondary N) is 1. The van der Waals surface area contributed by atoms with Crippen molar-refractivity contribution in [2.45, 2.75) is 75.6 Å². The molecule has 1 fully saturated rings. The normalized spacial score (nSPS) is 25.4. The summed E-state index contributed by atoms with van der Waals surface area (Å²) in [5, 5.41) is 3.16. The highest BCUT2D eigenvalue weighted by Crippen LogP contribution is 2.24. The standard InChI is InChI=1S/C13H24BrNO/c1-2-3-4-5-10-13(16)15-12-9-7-6-8-11(12)14/h11-12H,2-10H2,1H3,(H,15,16). The number of hydrogen-bond donors (Lipinski definition) is 1. The smallest absolute Gasteiger partial charge is 0.220 e. The Balaban J connectivity index is 2.12. The minimum atomic E-state index is 0.243. The number of amides is 1. The second-order valence-corrected chi connectivity index (χ2v) is 5.96. The van der Waals surface area contributed by atoms with E-state index < -0.39 is 0 Å². The Bertz CT molecular complexity index is 208. The molecule has 1 N–H and O–H groups in total. The van der Waals surface area contributed by atoms with Crippen molar-refractivity contribution in [3.63, 3.8) is 0 Å². The fourth-order valence-electron chi connectivity index (χ4n) is 2.24. The van der Waals surface area contributed by atoms with Crippen molar-refractivity contribution in [1.29, 1.82) is 0 Å². The Morgan fingerprint density at radius 2 is 2.00 bits per heavy atom.